The molecule has 12 nitrogen and oxygen atoms in total. The van der Waals surface area contributed by atoms with E-state index in [1.54, 1.807) is 18.2 Å². The van der Waals surface area contributed by atoms with E-state index in [1.807, 2.05) is 51.1 Å². The van der Waals surface area contributed by atoms with Crippen molar-refractivity contribution in [3.8, 4) is 16.8 Å². The van der Waals surface area contributed by atoms with Crippen LogP contribution >= 0.6 is 0 Å². The van der Waals surface area contributed by atoms with Gasteiger partial charge in [0.2, 0.25) is 0 Å². The van der Waals surface area contributed by atoms with Gasteiger partial charge in [-0.3, -0.25) is 14.2 Å². The summed E-state index contributed by atoms with van der Waals surface area (Å²) in [6, 6.07) is 17.7. The van der Waals surface area contributed by atoms with Crippen molar-refractivity contribution in [2.75, 3.05) is 0 Å². The first kappa shape index (κ1) is 35.2. The van der Waals surface area contributed by atoms with Crippen molar-refractivity contribution in [3.63, 3.8) is 0 Å². The highest BCUT2D eigenvalue weighted by atomic mass is 19.1. The van der Waals surface area contributed by atoms with Crippen LogP contribution < -0.4 is 22.3 Å². The molecule has 2 aromatic carbocycles. The first-order valence-electron chi connectivity index (χ1n) is 17.2. The van der Waals surface area contributed by atoms with Crippen LogP contribution in [-0.4, -0.2) is 41.5 Å². The lowest BCUT2D eigenvalue weighted by Crippen LogP contribution is -2.45. The molecule has 4 aromatic heterocycles. The highest BCUT2D eigenvalue weighted by Gasteiger charge is 2.30. The Balaban J connectivity index is 1.17. The van der Waals surface area contributed by atoms with Crippen molar-refractivity contribution in [2.45, 2.75) is 64.6 Å². The standard InChI is InChI=1S/C39H37F2N7O5/c1-39(2,3)33(53-37(42)51)23-9-7-22(8-10-23)24-5-4-6-29(17-24)47-34-30(18-26(41)19-43-34)36(50)48(38(47)52)28-14-12-27(13-15-28)44-35(49)31-21-46-20-25(40)11-16-32(46)45-31/h4-11,16-21,27-28,33H,12-15H2,1-3H3,(H2,42,51)(H,44,49)/t27-,28+,33?. The highest BCUT2D eigenvalue weighted by Crippen LogP contribution is 2.37. The second kappa shape index (κ2) is 13.7. The number of carbonyl (C=O) groups is 2. The lowest BCUT2D eigenvalue weighted by atomic mass is 9.84. The molecule has 0 saturated heterocycles. The number of primary amides is 1. The van der Waals surface area contributed by atoms with Crippen LogP contribution in [0.5, 0.6) is 0 Å². The number of hydrogen-bond donors (Lipinski definition) is 2. The van der Waals surface area contributed by atoms with E-state index >= 15 is 0 Å². The molecular formula is C39H37F2N7O5. The number of rotatable bonds is 7. The van der Waals surface area contributed by atoms with E-state index in [2.05, 4.69) is 15.3 Å². The minimum absolute atomic E-state index is 0.0232. The summed E-state index contributed by atoms with van der Waals surface area (Å²) in [7, 11) is 0. The molecule has 14 heteroatoms. The summed E-state index contributed by atoms with van der Waals surface area (Å²) in [6.45, 7) is 5.83. The van der Waals surface area contributed by atoms with Crippen LogP contribution in [0.1, 0.15) is 74.7 Å². The van der Waals surface area contributed by atoms with Crippen LogP contribution in [0.3, 0.4) is 0 Å². The molecule has 1 saturated carbocycles. The predicted molar refractivity (Wildman–Crippen MR) is 194 cm³/mol. The number of nitrogens with one attached hydrogen (secondary N) is 1. The number of carbonyl (C=O) groups excluding carboxylic acids is 2. The highest BCUT2D eigenvalue weighted by molar-refractivity contribution is 5.93. The van der Waals surface area contributed by atoms with Gasteiger partial charge < -0.3 is 20.2 Å². The third-order valence-corrected chi connectivity index (χ3v) is 9.61. The Labute approximate surface area is 301 Å². The molecule has 0 radical (unpaired) electrons. The molecule has 6 aromatic rings. The smallest absolute Gasteiger partial charge is 0.405 e. The van der Waals surface area contributed by atoms with Crippen molar-refractivity contribution in [1.29, 1.82) is 0 Å². The van der Waals surface area contributed by atoms with Crippen LogP contribution in [0.15, 0.2) is 94.9 Å². The molecule has 1 atom stereocenters. The van der Waals surface area contributed by atoms with Crippen LogP contribution in [0, 0.1) is 17.0 Å². The van der Waals surface area contributed by atoms with Gasteiger partial charge in [-0.2, -0.15) is 0 Å². The maximum Gasteiger partial charge on any atom is 0.405 e. The fourth-order valence-corrected chi connectivity index (χ4v) is 7.08. The van der Waals surface area contributed by atoms with E-state index in [0.717, 1.165) is 29.0 Å². The van der Waals surface area contributed by atoms with Gasteiger partial charge in [-0.25, -0.2) is 32.9 Å². The van der Waals surface area contributed by atoms with Crippen molar-refractivity contribution in [1.82, 2.24) is 28.8 Å². The number of imidazole rings is 1. The summed E-state index contributed by atoms with van der Waals surface area (Å²) >= 11 is 0. The summed E-state index contributed by atoms with van der Waals surface area (Å²) in [5, 5.41) is 2.93. The Morgan fingerprint density at radius 2 is 1.66 bits per heavy atom. The lowest BCUT2D eigenvalue weighted by molar-refractivity contribution is 0.0360. The zero-order chi connectivity index (χ0) is 37.6. The molecule has 4 heterocycles. The second-order valence-electron chi connectivity index (χ2n) is 14.4. The van der Waals surface area contributed by atoms with Crippen LogP contribution in [-0.2, 0) is 4.74 Å². The van der Waals surface area contributed by atoms with Gasteiger partial charge >= 0.3 is 11.8 Å². The average Bonchev–Trinajstić information content (AvgIpc) is 3.55. The minimum atomic E-state index is -0.867. The maximum absolute atomic E-state index is 14.5. The van der Waals surface area contributed by atoms with E-state index in [1.165, 1.54) is 38.1 Å². The van der Waals surface area contributed by atoms with E-state index in [9.17, 15) is 28.0 Å². The molecular weight excluding hydrogens is 684 g/mol. The van der Waals surface area contributed by atoms with Gasteiger partial charge in [-0.05, 0) is 72.7 Å². The monoisotopic (exact) mass is 721 g/mol. The number of fused-ring (bicyclic) bond motifs is 2. The Morgan fingerprint density at radius 3 is 2.36 bits per heavy atom. The summed E-state index contributed by atoms with van der Waals surface area (Å²) in [5.74, 6) is -1.58. The van der Waals surface area contributed by atoms with E-state index in [4.69, 9.17) is 10.5 Å². The van der Waals surface area contributed by atoms with Crippen molar-refractivity contribution >= 4 is 28.7 Å². The number of aromatic nitrogens is 5. The zero-order valence-corrected chi connectivity index (χ0v) is 29.3. The van der Waals surface area contributed by atoms with Gasteiger partial charge in [0.05, 0.1) is 17.3 Å². The molecule has 53 heavy (non-hydrogen) atoms. The molecule has 1 fully saturated rings. The molecule has 3 N–H and O–H groups in total. The van der Waals surface area contributed by atoms with Crippen molar-refractivity contribution in [3.05, 3.63) is 129 Å². The fourth-order valence-electron chi connectivity index (χ4n) is 7.08. The number of halogens is 2. The number of nitrogens with two attached hydrogens (primary N) is 1. The molecule has 7 rings (SSSR count). The quantitative estimate of drug-likeness (QED) is 0.198. The molecule has 1 aliphatic rings. The van der Waals surface area contributed by atoms with E-state index in [-0.39, 0.29) is 22.8 Å². The van der Waals surface area contributed by atoms with Gasteiger partial charge in [-0.1, -0.05) is 57.2 Å². The van der Waals surface area contributed by atoms with Gasteiger partial charge in [0.1, 0.15) is 29.1 Å². The molecule has 272 valence electrons. The minimum Gasteiger partial charge on any atom is -0.441 e. The van der Waals surface area contributed by atoms with E-state index < -0.39 is 52.4 Å². The number of pyridine rings is 2. The largest absolute Gasteiger partial charge is 0.441 e. The number of ether oxygens (including phenoxy) is 1. The Bertz CT molecular complexity index is 2490. The van der Waals surface area contributed by atoms with Crippen molar-refractivity contribution < 1.29 is 23.1 Å². The molecule has 0 spiro atoms. The number of benzene rings is 2. The van der Waals surface area contributed by atoms with Crippen molar-refractivity contribution in [2.24, 2.45) is 11.1 Å². The number of nitrogens with zero attached hydrogens (tertiary/aromatic N) is 5. The lowest BCUT2D eigenvalue weighted by Gasteiger charge is -2.30. The Kier molecular flexibility index (Phi) is 9.14. The topological polar surface area (TPSA) is 156 Å². The molecule has 0 bridgehead atoms. The van der Waals surface area contributed by atoms with Gasteiger partial charge in [0.15, 0.2) is 5.65 Å². The number of amides is 2. The van der Waals surface area contributed by atoms with Gasteiger partial charge in [-0.15, -0.1) is 0 Å². The van der Waals surface area contributed by atoms with Gasteiger partial charge in [0.25, 0.3) is 11.5 Å². The molecule has 0 aliphatic heterocycles. The summed E-state index contributed by atoms with van der Waals surface area (Å²) in [5.41, 5.74) is 7.02. The fraction of sp³-hybridized carbons (Fsp3) is 0.282. The zero-order valence-electron chi connectivity index (χ0n) is 29.3. The molecule has 2 amide bonds. The molecule has 1 aliphatic carbocycles. The first-order valence-corrected chi connectivity index (χ1v) is 17.2. The first-order chi connectivity index (χ1) is 25.3. The number of hydrogen-bond acceptors (Lipinski definition) is 7. The Morgan fingerprint density at radius 1 is 0.925 bits per heavy atom. The van der Waals surface area contributed by atoms with E-state index in [0.29, 0.717) is 37.0 Å². The normalized spacial score (nSPS) is 16.8. The Hall–Kier alpha value is -6.18. The third kappa shape index (κ3) is 7.04. The second-order valence-corrected chi connectivity index (χ2v) is 14.4. The summed E-state index contributed by atoms with van der Waals surface area (Å²) in [6.07, 6.45) is 3.95. The molecule has 1 unspecified atom stereocenters. The third-order valence-electron chi connectivity index (χ3n) is 9.61. The van der Waals surface area contributed by atoms with Crippen LogP contribution in [0.25, 0.3) is 33.5 Å². The van der Waals surface area contributed by atoms with Crippen LogP contribution in [0.2, 0.25) is 0 Å². The summed E-state index contributed by atoms with van der Waals surface area (Å²) in [4.78, 5) is 61.2. The van der Waals surface area contributed by atoms with Gasteiger partial charge in [0, 0.05) is 29.9 Å². The SMILES string of the molecule is CC(C)(C)C(OC(N)=O)c1ccc(-c2cccc(-n3c(=O)n([C@H]4CC[C@@H](NC(=O)c5cn6cc(F)ccc6n5)CC4)c(=O)c4cc(F)cnc43)c2)cc1. The maximum atomic E-state index is 14.5. The predicted octanol–water partition coefficient (Wildman–Crippen LogP) is 6.24. The van der Waals surface area contributed by atoms with Crippen LogP contribution in [0.4, 0.5) is 13.6 Å². The summed E-state index contributed by atoms with van der Waals surface area (Å²) < 4.78 is 37.5. The average molecular weight is 722 g/mol.